The molecule has 0 bridgehead atoms. The summed E-state index contributed by atoms with van der Waals surface area (Å²) in [7, 11) is 0. The fraction of sp³-hybridized carbons (Fsp3) is 0.100. The molecule has 0 aliphatic heterocycles. The second kappa shape index (κ2) is 6.36. The normalized spacial score (nSPS) is 10.4. The lowest BCUT2D eigenvalue weighted by Gasteiger charge is -2.02. The number of rotatable bonds is 1. The van der Waals surface area contributed by atoms with Gasteiger partial charge in [0.05, 0.1) is 17.3 Å². The van der Waals surface area contributed by atoms with Crippen LogP contribution < -0.4 is 5.32 Å². The molecule has 1 N–H and O–H groups in total. The van der Waals surface area contributed by atoms with E-state index >= 15 is 0 Å². The van der Waals surface area contributed by atoms with Gasteiger partial charge in [0.25, 0.3) is 0 Å². The van der Waals surface area contributed by atoms with Crippen molar-refractivity contribution in [1.82, 2.24) is 5.32 Å². The first kappa shape index (κ1) is 12.8. The third-order valence-electron chi connectivity index (χ3n) is 1.65. The first-order valence-corrected chi connectivity index (χ1v) is 6.49. The number of nitrogens with one attached hydrogen (secondary N) is 1. The topological polar surface area (TPSA) is 72.0 Å². The molecule has 16 heavy (non-hydrogen) atoms. The molecule has 0 saturated carbocycles. The van der Waals surface area contributed by atoms with Crippen LogP contribution in [0.2, 0.25) is 0 Å². The van der Waals surface area contributed by atoms with E-state index in [0.29, 0.717) is 10.7 Å². The predicted molar refractivity (Wildman–Crippen MR) is 73.2 cm³/mol. The molecule has 0 heterocycles. The van der Waals surface area contributed by atoms with Crippen LogP contribution in [-0.4, -0.2) is 11.4 Å². The molecule has 0 saturated heterocycles. The number of thioether (sulfide) groups is 1. The quantitative estimate of drug-likeness (QED) is 0.280. The van der Waals surface area contributed by atoms with Gasteiger partial charge >= 0.3 is 0 Å². The van der Waals surface area contributed by atoms with Crippen molar-refractivity contribution in [3.63, 3.8) is 0 Å². The maximum absolute atomic E-state index is 8.72. The van der Waals surface area contributed by atoms with Crippen molar-refractivity contribution in [2.75, 3.05) is 6.26 Å². The van der Waals surface area contributed by atoms with E-state index in [1.807, 2.05) is 12.4 Å². The molecule has 80 valence electrons. The summed E-state index contributed by atoms with van der Waals surface area (Å²) in [5.74, 6) is 0. The first-order chi connectivity index (χ1) is 7.71. The molecule has 6 heteroatoms. The molecule has 0 aliphatic carbocycles. The smallest absolute Gasteiger partial charge is 0.183 e. The molecule has 4 nitrogen and oxygen atoms in total. The third-order valence-corrected chi connectivity index (χ3v) is 3.10. The van der Waals surface area contributed by atoms with Crippen molar-refractivity contribution >= 4 is 45.2 Å². The van der Waals surface area contributed by atoms with Crippen molar-refractivity contribution in [3.8, 4) is 12.3 Å². The van der Waals surface area contributed by atoms with E-state index in [1.165, 1.54) is 11.8 Å². The van der Waals surface area contributed by atoms with Crippen molar-refractivity contribution in [2.24, 2.45) is 4.99 Å². The van der Waals surface area contributed by atoms with Crippen LogP contribution in [0, 0.1) is 26.4 Å². The van der Waals surface area contributed by atoms with Gasteiger partial charge in [0.1, 0.15) is 0 Å². The fourth-order valence-electron chi connectivity index (χ4n) is 0.949. The minimum atomic E-state index is 0.533. The molecule has 1 aromatic carbocycles. The number of amidine groups is 1. The van der Waals surface area contributed by atoms with E-state index in [1.54, 1.807) is 18.2 Å². The van der Waals surface area contributed by atoms with Gasteiger partial charge in [-0.3, -0.25) is 5.32 Å². The molecule has 0 radical (unpaired) electrons. The molecule has 1 aromatic rings. The number of hydrogen-bond acceptors (Lipinski definition) is 4. The van der Waals surface area contributed by atoms with Crippen LogP contribution >= 0.6 is 34.4 Å². The molecule has 0 aliphatic rings. The van der Waals surface area contributed by atoms with Crippen LogP contribution in [0.4, 0.5) is 5.69 Å². The highest BCUT2D eigenvalue weighted by Crippen LogP contribution is 2.23. The summed E-state index contributed by atoms with van der Waals surface area (Å²) >= 11 is 3.47. The Balaban J connectivity index is 3.07. The molecular weight excluding hydrogens is 335 g/mol. The Morgan fingerprint density at radius 2 is 2.25 bits per heavy atom. The average Bonchev–Trinajstić information content (AvgIpc) is 2.30. The predicted octanol–water partition coefficient (Wildman–Crippen LogP) is 2.58. The molecule has 0 unspecified atom stereocenters. The van der Waals surface area contributed by atoms with Crippen LogP contribution in [0.1, 0.15) is 5.56 Å². The number of benzene rings is 1. The van der Waals surface area contributed by atoms with Gasteiger partial charge in [-0.15, -0.1) is 0 Å². The Kier molecular flexibility index (Phi) is 5.09. The maximum Gasteiger partial charge on any atom is 0.183 e. The second-order valence-corrected chi connectivity index (χ2v) is 4.59. The minimum absolute atomic E-state index is 0.533. The van der Waals surface area contributed by atoms with Crippen molar-refractivity contribution in [2.45, 2.75) is 0 Å². The standard InChI is InChI=1S/C10H7IN4S/c1-16-10(14-6-13)15-9-3-2-7(5-12)4-8(9)11/h2-4H,1H3,(H,14,15). The molecule has 0 amide bonds. The molecular formula is C10H7IN4S. The largest absolute Gasteiger partial charge is 0.271 e. The molecule has 0 fully saturated rings. The van der Waals surface area contributed by atoms with Crippen LogP contribution in [0.3, 0.4) is 0 Å². The zero-order valence-corrected chi connectivity index (χ0v) is 11.3. The number of aliphatic imine (C=N–C) groups is 1. The summed E-state index contributed by atoms with van der Waals surface area (Å²) in [6.07, 6.45) is 3.66. The van der Waals surface area contributed by atoms with Gasteiger partial charge in [-0.25, -0.2) is 4.99 Å². The Hall–Kier alpha value is -1.25. The summed E-state index contributed by atoms with van der Waals surface area (Å²) in [5.41, 5.74) is 1.34. The van der Waals surface area contributed by atoms with Gasteiger partial charge in [-0.1, -0.05) is 11.8 Å². The van der Waals surface area contributed by atoms with Gasteiger partial charge in [0.2, 0.25) is 0 Å². The van der Waals surface area contributed by atoms with Crippen molar-refractivity contribution < 1.29 is 0 Å². The molecule has 0 atom stereocenters. The van der Waals surface area contributed by atoms with Gasteiger partial charge in [-0.05, 0) is 47.0 Å². The molecule has 1 rings (SSSR count). The maximum atomic E-state index is 8.72. The van der Waals surface area contributed by atoms with Crippen molar-refractivity contribution in [3.05, 3.63) is 27.3 Å². The Morgan fingerprint density at radius 1 is 1.50 bits per heavy atom. The lowest BCUT2D eigenvalue weighted by atomic mass is 10.2. The van der Waals surface area contributed by atoms with E-state index in [4.69, 9.17) is 10.5 Å². The summed E-state index contributed by atoms with van der Waals surface area (Å²) in [6.45, 7) is 0. The highest BCUT2D eigenvalue weighted by atomic mass is 127. The van der Waals surface area contributed by atoms with E-state index in [0.717, 1.165) is 9.26 Å². The fourth-order valence-corrected chi connectivity index (χ4v) is 1.92. The summed E-state index contributed by atoms with van der Waals surface area (Å²) in [6, 6.07) is 7.27. The summed E-state index contributed by atoms with van der Waals surface area (Å²) in [5, 5.41) is 20.2. The first-order valence-electron chi connectivity index (χ1n) is 4.18. The summed E-state index contributed by atoms with van der Waals surface area (Å²) < 4.78 is 0.878. The van der Waals surface area contributed by atoms with Gasteiger partial charge < -0.3 is 0 Å². The Bertz CT molecular complexity index is 499. The van der Waals surface area contributed by atoms with Crippen LogP contribution in [0.15, 0.2) is 23.2 Å². The number of nitriles is 2. The average molecular weight is 342 g/mol. The molecule has 0 aromatic heterocycles. The lowest BCUT2D eigenvalue weighted by Crippen LogP contribution is -2.12. The van der Waals surface area contributed by atoms with Gasteiger partial charge in [0.15, 0.2) is 11.4 Å². The van der Waals surface area contributed by atoms with E-state index in [-0.39, 0.29) is 0 Å². The van der Waals surface area contributed by atoms with E-state index in [9.17, 15) is 0 Å². The van der Waals surface area contributed by atoms with E-state index in [2.05, 4.69) is 39.0 Å². The zero-order chi connectivity index (χ0) is 12.0. The number of halogens is 1. The number of hydrogen-bond donors (Lipinski definition) is 1. The highest BCUT2D eigenvalue weighted by molar-refractivity contribution is 14.1. The minimum Gasteiger partial charge on any atom is -0.271 e. The van der Waals surface area contributed by atoms with Crippen LogP contribution in [-0.2, 0) is 0 Å². The monoisotopic (exact) mass is 342 g/mol. The third kappa shape index (κ3) is 3.40. The van der Waals surface area contributed by atoms with Crippen LogP contribution in [0.25, 0.3) is 0 Å². The summed E-state index contributed by atoms with van der Waals surface area (Å²) in [4.78, 5) is 4.27. The Morgan fingerprint density at radius 3 is 2.75 bits per heavy atom. The second-order valence-electron chi connectivity index (χ2n) is 2.64. The highest BCUT2D eigenvalue weighted by Gasteiger charge is 2.02. The SMILES string of the molecule is CSC(=Nc1ccc(C#N)cc1I)NC#N. The van der Waals surface area contributed by atoms with Crippen molar-refractivity contribution in [1.29, 1.82) is 10.5 Å². The zero-order valence-electron chi connectivity index (χ0n) is 8.36. The number of nitrogens with zero attached hydrogens (tertiary/aromatic N) is 3. The lowest BCUT2D eigenvalue weighted by molar-refractivity contribution is 1.27. The van der Waals surface area contributed by atoms with Gasteiger partial charge in [0, 0.05) is 3.57 Å². The van der Waals surface area contributed by atoms with Gasteiger partial charge in [-0.2, -0.15) is 10.5 Å². The molecule has 0 spiro atoms. The Labute approximate surface area is 112 Å². The van der Waals surface area contributed by atoms with Crippen LogP contribution in [0.5, 0.6) is 0 Å². The van der Waals surface area contributed by atoms with E-state index < -0.39 is 0 Å².